The highest BCUT2D eigenvalue weighted by Crippen LogP contribution is 2.28. The van der Waals surface area contributed by atoms with Gasteiger partial charge in [-0.1, -0.05) is 43.5 Å². The van der Waals surface area contributed by atoms with Gasteiger partial charge in [-0.25, -0.2) is 0 Å². The Morgan fingerprint density at radius 2 is 1.74 bits per heavy atom. The Morgan fingerprint density at radius 1 is 1.11 bits per heavy atom. The maximum absolute atomic E-state index is 12.1. The summed E-state index contributed by atoms with van der Waals surface area (Å²) in [5.41, 5.74) is 0.644. The van der Waals surface area contributed by atoms with Crippen LogP contribution in [0.4, 0.5) is 5.69 Å². The highest BCUT2D eigenvalue weighted by Gasteiger charge is 2.13. The van der Waals surface area contributed by atoms with E-state index in [-0.39, 0.29) is 11.3 Å². The number of nitrogens with one attached hydrogen (secondary N) is 1. The number of anilines is 1. The predicted molar refractivity (Wildman–Crippen MR) is 82.9 cm³/mol. The monoisotopic (exact) mass is 403 g/mol. The van der Waals surface area contributed by atoms with E-state index in [1.54, 1.807) is 24.3 Å². The number of hydrogen-bond donors (Lipinski definition) is 2. The van der Waals surface area contributed by atoms with Crippen molar-refractivity contribution in [2.75, 3.05) is 5.32 Å². The molecule has 19 heavy (non-hydrogen) atoms. The zero-order valence-electron chi connectivity index (χ0n) is 9.45. The second kappa shape index (κ2) is 5.94. The van der Waals surface area contributed by atoms with Crippen molar-refractivity contribution in [3.05, 3.63) is 55.9 Å². The van der Waals surface area contributed by atoms with Gasteiger partial charge in [-0.3, -0.25) is 4.79 Å². The summed E-state index contributed by atoms with van der Waals surface area (Å²) in [4.78, 5) is 12.1. The third-order valence-corrected chi connectivity index (χ3v) is 3.70. The van der Waals surface area contributed by atoms with Gasteiger partial charge in [0.1, 0.15) is 5.75 Å². The molecule has 0 saturated carbocycles. The van der Waals surface area contributed by atoms with Gasteiger partial charge in [-0.15, -0.1) is 0 Å². The van der Waals surface area contributed by atoms with E-state index in [0.29, 0.717) is 15.2 Å². The molecule has 0 fully saturated rings. The molecule has 0 spiro atoms. The second-order valence-corrected chi connectivity index (χ2v) is 5.98. The van der Waals surface area contributed by atoms with Crippen molar-refractivity contribution in [2.45, 2.75) is 0 Å². The number of rotatable bonds is 2. The molecule has 0 unspecified atom stereocenters. The summed E-state index contributed by atoms with van der Waals surface area (Å²) < 4.78 is 1.50. The van der Waals surface area contributed by atoms with Crippen LogP contribution in [0.2, 0.25) is 5.02 Å². The van der Waals surface area contributed by atoms with E-state index >= 15 is 0 Å². The van der Waals surface area contributed by atoms with Crippen LogP contribution in [0.5, 0.6) is 5.75 Å². The topological polar surface area (TPSA) is 49.3 Å². The Bertz CT molecular complexity index is 647. The molecule has 98 valence electrons. The van der Waals surface area contributed by atoms with Gasteiger partial charge in [0.05, 0.1) is 16.3 Å². The molecule has 0 heterocycles. The van der Waals surface area contributed by atoms with Gasteiger partial charge >= 0.3 is 0 Å². The molecule has 2 aromatic rings. The molecular weight excluding hydrogens is 397 g/mol. The SMILES string of the molecule is O=C(Nc1cc(Br)ccc1Cl)c1cc(Br)ccc1O. The van der Waals surface area contributed by atoms with Crippen molar-refractivity contribution in [1.29, 1.82) is 0 Å². The first-order chi connectivity index (χ1) is 8.97. The lowest BCUT2D eigenvalue weighted by Crippen LogP contribution is -2.12. The van der Waals surface area contributed by atoms with Crippen LogP contribution in [0.1, 0.15) is 10.4 Å². The van der Waals surface area contributed by atoms with Gasteiger partial charge in [0.15, 0.2) is 0 Å². The lowest BCUT2D eigenvalue weighted by atomic mass is 10.2. The minimum absolute atomic E-state index is 0.0909. The Labute approximate surface area is 131 Å². The average molecular weight is 405 g/mol. The first-order valence-electron chi connectivity index (χ1n) is 5.22. The van der Waals surface area contributed by atoms with Crippen LogP contribution in [0.3, 0.4) is 0 Å². The fourth-order valence-electron chi connectivity index (χ4n) is 1.47. The third kappa shape index (κ3) is 3.49. The quantitative estimate of drug-likeness (QED) is 0.752. The largest absolute Gasteiger partial charge is 0.507 e. The molecule has 0 atom stereocenters. The van der Waals surface area contributed by atoms with Crippen LogP contribution >= 0.6 is 43.5 Å². The second-order valence-electron chi connectivity index (χ2n) is 3.74. The summed E-state index contributed by atoms with van der Waals surface area (Å²) >= 11 is 12.5. The Hall–Kier alpha value is -1.04. The number of carbonyl (C=O) groups excluding carboxylic acids is 1. The molecule has 0 aromatic heterocycles. The highest BCUT2D eigenvalue weighted by molar-refractivity contribution is 9.10. The average Bonchev–Trinajstić information content (AvgIpc) is 2.36. The number of aromatic hydroxyl groups is 1. The first-order valence-corrected chi connectivity index (χ1v) is 7.18. The number of hydrogen-bond acceptors (Lipinski definition) is 2. The van der Waals surface area contributed by atoms with E-state index in [2.05, 4.69) is 37.2 Å². The van der Waals surface area contributed by atoms with Crippen LogP contribution in [0.25, 0.3) is 0 Å². The maximum Gasteiger partial charge on any atom is 0.259 e. The number of amides is 1. The number of phenolic OH excluding ortho intramolecular Hbond substituents is 1. The van der Waals surface area contributed by atoms with Gasteiger partial charge in [0.2, 0.25) is 0 Å². The van der Waals surface area contributed by atoms with Crippen LogP contribution in [0.15, 0.2) is 45.3 Å². The summed E-state index contributed by atoms with van der Waals surface area (Å²) in [6.07, 6.45) is 0. The molecule has 2 rings (SSSR count). The fourth-order valence-corrected chi connectivity index (χ4v) is 2.36. The van der Waals surface area contributed by atoms with Gasteiger partial charge in [0, 0.05) is 8.95 Å². The predicted octanol–water partition coefficient (Wildman–Crippen LogP) is 4.82. The lowest BCUT2D eigenvalue weighted by Gasteiger charge is -2.09. The van der Waals surface area contributed by atoms with Gasteiger partial charge in [-0.2, -0.15) is 0 Å². The van der Waals surface area contributed by atoms with Crippen molar-refractivity contribution in [3.63, 3.8) is 0 Å². The van der Waals surface area contributed by atoms with E-state index in [0.717, 1.165) is 4.47 Å². The normalized spacial score (nSPS) is 10.3. The molecule has 0 bridgehead atoms. The molecule has 6 heteroatoms. The smallest absolute Gasteiger partial charge is 0.259 e. The van der Waals surface area contributed by atoms with Gasteiger partial charge in [-0.05, 0) is 36.4 Å². The molecule has 1 amide bonds. The zero-order chi connectivity index (χ0) is 14.0. The zero-order valence-corrected chi connectivity index (χ0v) is 13.4. The highest BCUT2D eigenvalue weighted by atomic mass is 79.9. The molecule has 0 saturated heterocycles. The standard InChI is InChI=1S/C13H8Br2ClNO2/c14-7-2-4-12(18)9(5-7)13(19)17-11-6-8(15)1-3-10(11)16/h1-6,18H,(H,17,19). The van der Waals surface area contributed by atoms with Crippen molar-refractivity contribution in [3.8, 4) is 5.75 Å². The number of phenols is 1. The fraction of sp³-hybridized carbons (Fsp3) is 0. The van der Waals surface area contributed by atoms with Gasteiger partial charge < -0.3 is 10.4 Å². The minimum atomic E-state index is -0.432. The van der Waals surface area contributed by atoms with Crippen molar-refractivity contribution in [1.82, 2.24) is 0 Å². The summed E-state index contributed by atoms with van der Waals surface area (Å²) in [6.45, 7) is 0. The lowest BCUT2D eigenvalue weighted by molar-refractivity contribution is 0.102. The maximum atomic E-state index is 12.1. The van der Waals surface area contributed by atoms with Crippen LogP contribution < -0.4 is 5.32 Å². The van der Waals surface area contributed by atoms with Crippen LogP contribution in [-0.4, -0.2) is 11.0 Å². The molecule has 0 aliphatic rings. The van der Waals surface area contributed by atoms with E-state index in [4.69, 9.17) is 11.6 Å². The molecule has 2 aromatic carbocycles. The molecule has 0 aliphatic carbocycles. The summed E-state index contributed by atoms with van der Waals surface area (Å²) in [5, 5.41) is 12.8. The van der Waals surface area contributed by atoms with Crippen LogP contribution in [0, 0.1) is 0 Å². The third-order valence-electron chi connectivity index (χ3n) is 2.38. The molecule has 0 aliphatic heterocycles. The Kier molecular flexibility index (Phi) is 4.50. The Morgan fingerprint density at radius 3 is 2.47 bits per heavy atom. The number of halogens is 3. The first kappa shape index (κ1) is 14.4. The van der Waals surface area contributed by atoms with E-state index in [1.807, 2.05) is 0 Å². The number of benzene rings is 2. The van der Waals surface area contributed by atoms with Crippen molar-refractivity contribution in [2.24, 2.45) is 0 Å². The van der Waals surface area contributed by atoms with E-state index < -0.39 is 5.91 Å². The molecular formula is C13H8Br2ClNO2. The van der Waals surface area contributed by atoms with Gasteiger partial charge in [0.25, 0.3) is 5.91 Å². The summed E-state index contributed by atoms with van der Waals surface area (Å²) in [7, 11) is 0. The van der Waals surface area contributed by atoms with E-state index in [1.165, 1.54) is 12.1 Å². The minimum Gasteiger partial charge on any atom is -0.507 e. The Balaban J connectivity index is 2.30. The molecule has 0 radical (unpaired) electrons. The van der Waals surface area contributed by atoms with Crippen molar-refractivity contribution >= 4 is 55.1 Å². The summed E-state index contributed by atoms with van der Waals surface area (Å²) in [6, 6.07) is 9.77. The van der Waals surface area contributed by atoms with Crippen molar-refractivity contribution < 1.29 is 9.90 Å². The molecule has 2 N–H and O–H groups in total. The molecule has 3 nitrogen and oxygen atoms in total. The summed E-state index contributed by atoms with van der Waals surface area (Å²) in [5.74, 6) is -0.523. The number of carbonyl (C=O) groups is 1. The van der Waals surface area contributed by atoms with Crippen LogP contribution in [-0.2, 0) is 0 Å². The van der Waals surface area contributed by atoms with E-state index in [9.17, 15) is 9.90 Å².